The van der Waals surface area contributed by atoms with Gasteiger partial charge in [-0.1, -0.05) is 30.3 Å². The minimum absolute atomic E-state index is 0.0931. The summed E-state index contributed by atoms with van der Waals surface area (Å²) in [6.45, 7) is 0. The highest BCUT2D eigenvalue weighted by atomic mass is 16.3. The van der Waals surface area contributed by atoms with Crippen molar-refractivity contribution in [3.8, 4) is 5.75 Å². The van der Waals surface area contributed by atoms with Gasteiger partial charge in [0.2, 0.25) is 5.91 Å². The Bertz CT molecular complexity index is 1150. The van der Waals surface area contributed by atoms with Crippen LogP contribution in [-0.2, 0) is 11.2 Å². The fourth-order valence-corrected chi connectivity index (χ4v) is 2.85. The highest BCUT2D eigenvalue weighted by molar-refractivity contribution is 6.04. The number of carbonyl (C=O) groups excluding carboxylic acids is 2. The number of benzene rings is 2. The monoisotopic (exact) mass is 387 g/mol. The van der Waals surface area contributed by atoms with E-state index in [0.717, 1.165) is 10.9 Å². The zero-order valence-electron chi connectivity index (χ0n) is 15.3. The largest absolute Gasteiger partial charge is 0.504 e. The second-order valence-corrected chi connectivity index (χ2v) is 6.40. The molecule has 0 atom stereocenters. The number of nitrogens with zero attached hydrogens (tertiary/aromatic N) is 1. The lowest BCUT2D eigenvalue weighted by Gasteiger charge is -2.07. The molecule has 7 heteroatoms. The first kappa shape index (κ1) is 18.2. The number of anilines is 2. The maximum absolute atomic E-state index is 12.4. The van der Waals surface area contributed by atoms with E-state index in [1.54, 1.807) is 42.5 Å². The number of para-hydroxylation sites is 1. The standard InChI is InChI=1S/C22H17N3O4/c26-17-5-3-11-23-21(17)25-20(27)12-14-7-9-16(10-8-14)24-22(28)19-13-15-4-1-2-6-18(15)29-19/h1-11,13,26H,12H2,(H,24,28)(H,23,25,27). The first-order chi connectivity index (χ1) is 14.1. The number of hydrogen-bond donors (Lipinski definition) is 3. The average Bonchev–Trinajstić information content (AvgIpc) is 3.16. The average molecular weight is 387 g/mol. The van der Waals surface area contributed by atoms with Gasteiger partial charge in [0.1, 0.15) is 5.58 Å². The van der Waals surface area contributed by atoms with Crippen LogP contribution < -0.4 is 10.6 Å². The van der Waals surface area contributed by atoms with Crippen molar-refractivity contribution in [2.45, 2.75) is 6.42 Å². The molecule has 0 bridgehead atoms. The molecule has 0 saturated carbocycles. The normalized spacial score (nSPS) is 10.6. The minimum atomic E-state index is -0.350. The van der Waals surface area contributed by atoms with Gasteiger partial charge in [-0.05, 0) is 42.0 Å². The van der Waals surface area contributed by atoms with E-state index in [4.69, 9.17) is 4.42 Å². The van der Waals surface area contributed by atoms with E-state index < -0.39 is 0 Å². The molecule has 0 aliphatic carbocycles. The molecule has 0 spiro atoms. The van der Waals surface area contributed by atoms with Crippen molar-refractivity contribution in [3.05, 3.63) is 84.3 Å². The van der Waals surface area contributed by atoms with Crippen LogP contribution >= 0.6 is 0 Å². The van der Waals surface area contributed by atoms with Gasteiger partial charge in [0, 0.05) is 17.3 Å². The van der Waals surface area contributed by atoms with Gasteiger partial charge in [-0.2, -0.15) is 0 Å². The lowest BCUT2D eigenvalue weighted by Crippen LogP contribution is -2.15. The van der Waals surface area contributed by atoms with Crippen LogP contribution in [0.4, 0.5) is 11.5 Å². The number of hydrogen-bond acceptors (Lipinski definition) is 5. The molecule has 144 valence electrons. The highest BCUT2D eigenvalue weighted by Gasteiger charge is 2.13. The fraction of sp³-hybridized carbons (Fsp3) is 0.0455. The molecule has 2 aromatic carbocycles. The van der Waals surface area contributed by atoms with Gasteiger partial charge in [0.05, 0.1) is 6.42 Å². The number of fused-ring (bicyclic) bond motifs is 1. The lowest BCUT2D eigenvalue weighted by molar-refractivity contribution is -0.115. The number of pyridine rings is 1. The van der Waals surface area contributed by atoms with E-state index >= 15 is 0 Å². The Labute approximate surface area is 166 Å². The Balaban J connectivity index is 1.38. The molecule has 0 aliphatic rings. The number of carbonyl (C=O) groups is 2. The van der Waals surface area contributed by atoms with Crippen molar-refractivity contribution in [3.63, 3.8) is 0 Å². The Morgan fingerprint density at radius 2 is 1.76 bits per heavy atom. The topological polar surface area (TPSA) is 104 Å². The molecule has 3 N–H and O–H groups in total. The van der Waals surface area contributed by atoms with Crippen LogP contribution in [0.25, 0.3) is 11.0 Å². The van der Waals surface area contributed by atoms with Gasteiger partial charge in [-0.15, -0.1) is 0 Å². The third kappa shape index (κ3) is 4.24. The molecule has 0 aliphatic heterocycles. The molecule has 0 unspecified atom stereocenters. The second kappa shape index (κ2) is 7.85. The lowest BCUT2D eigenvalue weighted by atomic mass is 10.1. The summed E-state index contributed by atoms with van der Waals surface area (Å²) in [7, 11) is 0. The van der Waals surface area contributed by atoms with Crippen molar-refractivity contribution in [1.82, 2.24) is 4.98 Å². The molecular formula is C22H17N3O4. The van der Waals surface area contributed by atoms with Gasteiger partial charge in [0.15, 0.2) is 17.3 Å². The molecule has 2 aromatic heterocycles. The van der Waals surface area contributed by atoms with Crippen LogP contribution in [-0.4, -0.2) is 21.9 Å². The maximum Gasteiger partial charge on any atom is 0.291 e. The second-order valence-electron chi connectivity index (χ2n) is 6.40. The molecule has 0 radical (unpaired) electrons. The molecule has 0 saturated heterocycles. The fourth-order valence-electron chi connectivity index (χ4n) is 2.85. The summed E-state index contributed by atoms with van der Waals surface area (Å²) in [5.41, 5.74) is 1.99. The molecule has 4 rings (SSSR count). The van der Waals surface area contributed by atoms with Gasteiger partial charge >= 0.3 is 0 Å². The van der Waals surface area contributed by atoms with Gasteiger partial charge in [0.25, 0.3) is 5.91 Å². The number of furan rings is 1. The summed E-state index contributed by atoms with van der Waals surface area (Å²) >= 11 is 0. The molecule has 2 heterocycles. The SMILES string of the molecule is O=C(Cc1ccc(NC(=O)c2cc3ccccc3o2)cc1)Nc1ncccc1O. The smallest absolute Gasteiger partial charge is 0.291 e. The van der Waals surface area contributed by atoms with Gasteiger partial charge < -0.3 is 20.2 Å². The van der Waals surface area contributed by atoms with E-state index in [1.165, 1.54) is 12.3 Å². The van der Waals surface area contributed by atoms with Crippen molar-refractivity contribution in [1.29, 1.82) is 0 Å². The summed E-state index contributed by atoms with van der Waals surface area (Å²) in [5.74, 6) is -0.406. The molecule has 7 nitrogen and oxygen atoms in total. The number of amides is 2. The van der Waals surface area contributed by atoms with Crippen LogP contribution in [0.15, 0.2) is 77.3 Å². The Morgan fingerprint density at radius 1 is 0.966 bits per heavy atom. The van der Waals surface area contributed by atoms with Crippen LogP contribution in [0.3, 0.4) is 0 Å². The zero-order valence-corrected chi connectivity index (χ0v) is 15.3. The summed E-state index contributed by atoms with van der Waals surface area (Å²) in [5, 5.41) is 15.8. The zero-order chi connectivity index (χ0) is 20.2. The number of nitrogens with one attached hydrogen (secondary N) is 2. The molecule has 29 heavy (non-hydrogen) atoms. The molecule has 2 amide bonds. The Hall–Kier alpha value is -4.13. The number of rotatable bonds is 5. The van der Waals surface area contributed by atoms with E-state index in [1.807, 2.05) is 18.2 Å². The van der Waals surface area contributed by atoms with E-state index in [2.05, 4.69) is 15.6 Å². The maximum atomic E-state index is 12.4. The number of aromatic hydroxyl groups is 1. The quantitative estimate of drug-likeness (QED) is 0.481. The van der Waals surface area contributed by atoms with Crippen LogP contribution in [0.2, 0.25) is 0 Å². The highest BCUT2D eigenvalue weighted by Crippen LogP contribution is 2.21. The predicted molar refractivity (Wildman–Crippen MR) is 109 cm³/mol. The first-order valence-corrected chi connectivity index (χ1v) is 8.91. The Morgan fingerprint density at radius 3 is 2.52 bits per heavy atom. The van der Waals surface area contributed by atoms with Gasteiger partial charge in [-0.3, -0.25) is 9.59 Å². The van der Waals surface area contributed by atoms with Gasteiger partial charge in [-0.25, -0.2) is 4.98 Å². The first-order valence-electron chi connectivity index (χ1n) is 8.91. The van der Waals surface area contributed by atoms with Crippen LogP contribution in [0, 0.1) is 0 Å². The van der Waals surface area contributed by atoms with Crippen molar-refractivity contribution in [2.24, 2.45) is 0 Å². The third-order valence-electron chi connectivity index (χ3n) is 4.27. The predicted octanol–water partition coefficient (Wildman–Crippen LogP) is 3.97. The molecular weight excluding hydrogens is 370 g/mol. The summed E-state index contributed by atoms with van der Waals surface area (Å²) in [6.07, 6.45) is 1.59. The molecule has 0 fully saturated rings. The van der Waals surface area contributed by atoms with Crippen molar-refractivity contribution >= 4 is 34.3 Å². The summed E-state index contributed by atoms with van der Waals surface area (Å²) < 4.78 is 5.55. The Kier molecular flexibility index (Phi) is 4.94. The minimum Gasteiger partial charge on any atom is -0.504 e. The van der Waals surface area contributed by atoms with Crippen molar-refractivity contribution < 1.29 is 19.1 Å². The van der Waals surface area contributed by atoms with E-state index in [0.29, 0.717) is 11.3 Å². The van der Waals surface area contributed by atoms with E-state index in [-0.39, 0.29) is 35.6 Å². The summed E-state index contributed by atoms with van der Waals surface area (Å²) in [4.78, 5) is 28.4. The van der Waals surface area contributed by atoms with E-state index in [9.17, 15) is 14.7 Å². The van der Waals surface area contributed by atoms with Crippen LogP contribution in [0.1, 0.15) is 16.1 Å². The summed E-state index contributed by atoms with van der Waals surface area (Å²) in [6, 6.07) is 19.0. The third-order valence-corrected chi connectivity index (χ3v) is 4.27. The number of aromatic nitrogens is 1. The van der Waals surface area contributed by atoms with Crippen molar-refractivity contribution in [2.75, 3.05) is 10.6 Å². The molecule has 4 aromatic rings. The van der Waals surface area contributed by atoms with Crippen LogP contribution in [0.5, 0.6) is 5.75 Å².